The average molecular weight is 155 g/mol. The lowest BCUT2D eigenvalue weighted by atomic mass is 10.3. The van der Waals surface area contributed by atoms with Gasteiger partial charge in [-0.3, -0.25) is 0 Å². The van der Waals surface area contributed by atoms with E-state index in [0.29, 0.717) is 13.1 Å². The SMILES string of the molecule is Cc1ncoc1CNCCN. The van der Waals surface area contributed by atoms with Crippen LogP contribution in [0.2, 0.25) is 0 Å². The van der Waals surface area contributed by atoms with Crippen LogP contribution in [0.1, 0.15) is 11.5 Å². The molecule has 0 aliphatic rings. The molecule has 0 fully saturated rings. The summed E-state index contributed by atoms with van der Waals surface area (Å²) in [6.45, 7) is 4.08. The molecule has 0 aliphatic heterocycles. The highest BCUT2D eigenvalue weighted by atomic mass is 16.3. The Morgan fingerprint density at radius 3 is 3.09 bits per heavy atom. The number of oxazole rings is 1. The van der Waals surface area contributed by atoms with Gasteiger partial charge in [-0.15, -0.1) is 0 Å². The maximum atomic E-state index is 5.30. The van der Waals surface area contributed by atoms with Gasteiger partial charge >= 0.3 is 0 Å². The van der Waals surface area contributed by atoms with E-state index in [0.717, 1.165) is 18.0 Å². The summed E-state index contributed by atoms with van der Waals surface area (Å²) in [5.41, 5.74) is 6.24. The summed E-state index contributed by atoms with van der Waals surface area (Å²) in [6.07, 6.45) is 1.45. The molecule has 0 unspecified atom stereocenters. The Balaban J connectivity index is 2.32. The quantitative estimate of drug-likeness (QED) is 0.602. The third-order valence-electron chi connectivity index (χ3n) is 1.45. The molecule has 0 radical (unpaired) electrons. The maximum Gasteiger partial charge on any atom is 0.181 e. The molecule has 0 saturated carbocycles. The molecule has 62 valence electrons. The van der Waals surface area contributed by atoms with Gasteiger partial charge in [0.15, 0.2) is 6.39 Å². The van der Waals surface area contributed by atoms with E-state index >= 15 is 0 Å². The number of aryl methyl sites for hydroxylation is 1. The molecular formula is C7H13N3O. The third kappa shape index (κ3) is 2.32. The highest BCUT2D eigenvalue weighted by Crippen LogP contribution is 2.02. The van der Waals surface area contributed by atoms with Crippen molar-refractivity contribution in [3.05, 3.63) is 17.8 Å². The van der Waals surface area contributed by atoms with E-state index in [4.69, 9.17) is 10.2 Å². The molecule has 1 aromatic rings. The summed E-state index contributed by atoms with van der Waals surface area (Å²) in [4.78, 5) is 3.96. The molecule has 0 bridgehead atoms. The van der Waals surface area contributed by atoms with Crippen molar-refractivity contribution < 1.29 is 4.42 Å². The van der Waals surface area contributed by atoms with Crippen molar-refractivity contribution >= 4 is 0 Å². The number of nitrogens with zero attached hydrogens (tertiary/aromatic N) is 1. The highest BCUT2D eigenvalue weighted by molar-refractivity contribution is 5.03. The zero-order valence-corrected chi connectivity index (χ0v) is 6.63. The van der Waals surface area contributed by atoms with Gasteiger partial charge in [-0.25, -0.2) is 4.98 Å². The molecule has 1 heterocycles. The van der Waals surface area contributed by atoms with Crippen LogP contribution in [0.15, 0.2) is 10.8 Å². The lowest BCUT2D eigenvalue weighted by Gasteiger charge is -1.98. The van der Waals surface area contributed by atoms with Crippen LogP contribution in [0.5, 0.6) is 0 Å². The van der Waals surface area contributed by atoms with Crippen LogP contribution in [0.3, 0.4) is 0 Å². The first-order chi connectivity index (χ1) is 5.34. The second kappa shape index (κ2) is 4.10. The second-order valence-corrected chi connectivity index (χ2v) is 2.33. The number of nitrogens with two attached hydrogens (primary N) is 1. The Morgan fingerprint density at radius 1 is 1.73 bits per heavy atom. The molecule has 0 saturated heterocycles. The topological polar surface area (TPSA) is 64.1 Å². The molecule has 4 heteroatoms. The minimum Gasteiger partial charge on any atom is -0.447 e. The smallest absolute Gasteiger partial charge is 0.181 e. The van der Waals surface area contributed by atoms with Crippen LogP contribution >= 0.6 is 0 Å². The minimum absolute atomic E-state index is 0.646. The fourth-order valence-electron chi connectivity index (χ4n) is 0.800. The van der Waals surface area contributed by atoms with E-state index in [1.165, 1.54) is 6.39 Å². The van der Waals surface area contributed by atoms with Gasteiger partial charge in [0.25, 0.3) is 0 Å². The Hall–Kier alpha value is -0.870. The molecule has 1 aromatic heterocycles. The maximum absolute atomic E-state index is 5.30. The molecule has 0 amide bonds. The Morgan fingerprint density at radius 2 is 2.55 bits per heavy atom. The summed E-state index contributed by atoms with van der Waals surface area (Å²) in [5, 5.41) is 3.12. The number of nitrogens with one attached hydrogen (secondary N) is 1. The zero-order valence-electron chi connectivity index (χ0n) is 6.63. The fourth-order valence-corrected chi connectivity index (χ4v) is 0.800. The van der Waals surface area contributed by atoms with Crippen molar-refractivity contribution in [3.8, 4) is 0 Å². The van der Waals surface area contributed by atoms with Gasteiger partial charge in [-0.05, 0) is 6.92 Å². The Labute approximate surface area is 65.8 Å². The first-order valence-corrected chi connectivity index (χ1v) is 3.64. The molecule has 11 heavy (non-hydrogen) atoms. The first-order valence-electron chi connectivity index (χ1n) is 3.64. The lowest BCUT2D eigenvalue weighted by molar-refractivity contribution is 0.479. The first kappa shape index (κ1) is 8.23. The van der Waals surface area contributed by atoms with Gasteiger partial charge in [0, 0.05) is 13.1 Å². The predicted octanol–water partition coefficient (Wildman–Crippen LogP) is 0.0313. The van der Waals surface area contributed by atoms with Crippen LogP contribution in [0, 0.1) is 6.92 Å². The van der Waals surface area contributed by atoms with Gasteiger partial charge in [0.05, 0.1) is 12.2 Å². The summed E-state index contributed by atoms with van der Waals surface area (Å²) < 4.78 is 5.10. The largest absolute Gasteiger partial charge is 0.447 e. The minimum atomic E-state index is 0.646. The van der Waals surface area contributed by atoms with Crippen LogP contribution in [0.4, 0.5) is 0 Å². The van der Waals surface area contributed by atoms with Crippen molar-refractivity contribution in [1.29, 1.82) is 0 Å². The predicted molar refractivity (Wildman–Crippen MR) is 42.0 cm³/mol. The fraction of sp³-hybridized carbons (Fsp3) is 0.571. The van der Waals surface area contributed by atoms with Crippen molar-refractivity contribution in [1.82, 2.24) is 10.3 Å². The summed E-state index contributed by atoms with van der Waals surface area (Å²) in [7, 11) is 0. The van der Waals surface area contributed by atoms with Crippen LogP contribution < -0.4 is 11.1 Å². The normalized spacial score (nSPS) is 10.4. The highest BCUT2D eigenvalue weighted by Gasteiger charge is 2.00. The summed E-state index contributed by atoms with van der Waals surface area (Å²) in [5.74, 6) is 0.887. The van der Waals surface area contributed by atoms with Crippen LogP contribution in [-0.4, -0.2) is 18.1 Å². The molecule has 0 aromatic carbocycles. The number of aromatic nitrogens is 1. The molecule has 1 rings (SSSR count). The van der Waals surface area contributed by atoms with Crippen LogP contribution in [-0.2, 0) is 6.54 Å². The zero-order chi connectivity index (χ0) is 8.10. The van der Waals surface area contributed by atoms with Gasteiger partial charge < -0.3 is 15.5 Å². The van der Waals surface area contributed by atoms with E-state index in [1.807, 2.05) is 6.92 Å². The molecule has 0 atom stereocenters. The van der Waals surface area contributed by atoms with E-state index in [2.05, 4.69) is 10.3 Å². The Kier molecular flexibility index (Phi) is 3.07. The molecular weight excluding hydrogens is 142 g/mol. The third-order valence-corrected chi connectivity index (χ3v) is 1.45. The van der Waals surface area contributed by atoms with Gasteiger partial charge in [-0.1, -0.05) is 0 Å². The standard InChI is InChI=1S/C7H13N3O/c1-6-7(11-5-10-6)4-9-3-2-8/h5,9H,2-4,8H2,1H3. The number of hydrogen-bond acceptors (Lipinski definition) is 4. The van der Waals surface area contributed by atoms with E-state index in [-0.39, 0.29) is 0 Å². The second-order valence-electron chi connectivity index (χ2n) is 2.33. The Bertz CT molecular complexity index is 209. The van der Waals surface area contributed by atoms with Crippen molar-refractivity contribution in [3.63, 3.8) is 0 Å². The van der Waals surface area contributed by atoms with Gasteiger partial charge in [0.1, 0.15) is 5.76 Å². The average Bonchev–Trinajstić information content (AvgIpc) is 2.37. The monoisotopic (exact) mass is 155 g/mol. The number of hydrogen-bond donors (Lipinski definition) is 2. The van der Waals surface area contributed by atoms with Gasteiger partial charge in [-0.2, -0.15) is 0 Å². The van der Waals surface area contributed by atoms with E-state index in [9.17, 15) is 0 Å². The molecule has 0 spiro atoms. The van der Waals surface area contributed by atoms with E-state index < -0.39 is 0 Å². The van der Waals surface area contributed by atoms with Crippen molar-refractivity contribution in [2.24, 2.45) is 5.73 Å². The summed E-state index contributed by atoms with van der Waals surface area (Å²) >= 11 is 0. The lowest BCUT2D eigenvalue weighted by Crippen LogP contribution is -2.21. The van der Waals surface area contributed by atoms with Crippen molar-refractivity contribution in [2.75, 3.05) is 13.1 Å². The van der Waals surface area contributed by atoms with Crippen LogP contribution in [0.25, 0.3) is 0 Å². The number of rotatable bonds is 4. The van der Waals surface area contributed by atoms with Gasteiger partial charge in [0.2, 0.25) is 0 Å². The molecule has 4 nitrogen and oxygen atoms in total. The molecule has 3 N–H and O–H groups in total. The molecule has 0 aliphatic carbocycles. The summed E-state index contributed by atoms with van der Waals surface area (Å²) in [6, 6.07) is 0. The van der Waals surface area contributed by atoms with E-state index in [1.54, 1.807) is 0 Å². The van der Waals surface area contributed by atoms with Crippen molar-refractivity contribution in [2.45, 2.75) is 13.5 Å².